The van der Waals surface area contributed by atoms with Crippen molar-refractivity contribution >= 4 is 16.9 Å². The van der Waals surface area contributed by atoms with Gasteiger partial charge in [0.1, 0.15) is 12.4 Å². The molecule has 134 valence electrons. The van der Waals surface area contributed by atoms with Crippen LogP contribution in [0.1, 0.15) is 19.2 Å². The fourth-order valence-corrected chi connectivity index (χ4v) is 4.12. The summed E-state index contributed by atoms with van der Waals surface area (Å²) in [5, 5.41) is 3.40. The number of carbonyl (C=O) groups is 1. The lowest BCUT2D eigenvalue weighted by atomic mass is 10.2. The zero-order valence-electron chi connectivity index (χ0n) is 14.9. The summed E-state index contributed by atoms with van der Waals surface area (Å²) in [4.78, 5) is 22.2. The van der Waals surface area contributed by atoms with Crippen LogP contribution >= 0.6 is 0 Å². The molecular weight excluding hydrogens is 314 g/mol. The maximum absolute atomic E-state index is 12.9. The molecule has 6 heteroatoms. The highest BCUT2D eigenvalue weighted by atomic mass is 16.2. The van der Waals surface area contributed by atoms with Gasteiger partial charge in [-0.3, -0.25) is 9.69 Å². The van der Waals surface area contributed by atoms with Gasteiger partial charge in [-0.1, -0.05) is 19.1 Å². The number of carbonyl (C=O) groups excluding carboxylic acids is 1. The first-order chi connectivity index (χ1) is 12.3. The van der Waals surface area contributed by atoms with Gasteiger partial charge in [0.2, 0.25) is 5.91 Å². The minimum atomic E-state index is 0.218. The number of aryl methyl sites for hydroxylation is 1. The van der Waals surface area contributed by atoms with Gasteiger partial charge in [0.15, 0.2) is 0 Å². The molecule has 0 saturated carbocycles. The number of piperazine rings is 1. The van der Waals surface area contributed by atoms with E-state index in [1.165, 1.54) is 0 Å². The molecule has 1 amide bonds. The van der Waals surface area contributed by atoms with E-state index in [-0.39, 0.29) is 5.91 Å². The molecular formula is C19H27N5O. The number of rotatable bonds is 4. The molecule has 4 rings (SSSR count). The Labute approximate surface area is 148 Å². The predicted octanol–water partition coefficient (Wildman–Crippen LogP) is 1.10. The van der Waals surface area contributed by atoms with Gasteiger partial charge in [-0.25, -0.2) is 4.98 Å². The van der Waals surface area contributed by atoms with Crippen LogP contribution in [-0.2, 0) is 17.8 Å². The Hall–Kier alpha value is -1.92. The number of para-hydroxylation sites is 2. The van der Waals surface area contributed by atoms with Gasteiger partial charge in [-0.05, 0) is 18.6 Å². The number of likely N-dealkylation sites (tertiary alicyclic amines) is 1. The number of imidazole rings is 1. The number of fused-ring (bicyclic) bond motifs is 1. The normalized spacial score (nSPS) is 22.0. The Morgan fingerprint density at radius 3 is 2.84 bits per heavy atom. The molecule has 6 nitrogen and oxygen atoms in total. The average molecular weight is 341 g/mol. The SMILES string of the molecule is CCc1nc2ccccc2n1CC(=O)N1CCC(N2CCNCC2)C1. The molecule has 1 N–H and O–H groups in total. The van der Waals surface area contributed by atoms with Crippen molar-refractivity contribution in [2.75, 3.05) is 39.3 Å². The molecule has 0 bridgehead atoms. The van der Waals surface area contributed by atoms with Crippen molar-refractivity contribution in [1.29, 1.82) is 0 Å². The van der Waals surface area contributed by atoms with Crippen LogP contribution in [0.25, 0.3) is 11.0 Å². The third kappa shape index (κ3) is 3.28. The maximum atomic E-state index is 12.9. The fourth-order valence-electron chi connectivity index (χ4n) is 4.12. The number of nitrogens with one attached hydrogen (secondary N) is 1. The van der Waals surface area contributed by atoms with Crippen molar-refractivity contribution in [2.45, 2.75) is 32.4 Å². The van der Waals surface area contributed by atoms with Crippen LogP contribution in [-0.4, -0.2) is 70.6 Å². The molecule has 1 aromatic carbocycles. The first-order valence-electron chi connectivity index (χ1n) is 9.43. The average Bonchev–Trinajstić information content (AvgIpc) is 3.28. The molecule has 0 radical (unpaired) electrons. The highest BCUT2D eigenvalue weighted by Crippen LogP contribution is 2.20. The molecule has 0 aliphatic carbocycles. The van der Waals surface area contributed by atoms with E-state index in [4.69, 9.17) is 0 Å². The first-order valence-corrected chi connectivity index (χ1v) is 9.43. The topological polar surface area (TPSA) is 53.4 Å². The minimum absolute atomic E-state index is 0.218. The number of benzene rings is 1. The number of aromatic nitrogens is 2. The molecule has 1 unspecified atom stereocenters. The van der Waals surface area contributed by atoms with E-state index in [1.54, 1.807) is 0 Å². The van der Waals surface area contributed by atoms with Crippen LogP contribution in [0.15, 0.2) is 24.3 Å². The Bertz CT molecular complexity index is 749. The minimum Gasteiger partial charge on any atom is -0.340 e. The first kappa shape index (κ1) is 16.5. The molecule has 1 aromatic heterocycles. The summed E-state index contributed by atoms with van der Waals surface area (Å²) in [6.07, 6.45) is 1.93. The van der Waals surface area contributed by atoms with Gasteiger partial charge in [0.25, 0.3) is 0 Å². The molecule has 25 heavy (non-hydrogen) atoms. The summed E-state index contributed by atoms with van der Waals surface area (Å²) in [5.74, 6) is 1.21. The molecule has 2 fully saturated rings. The highest BCUT2D eigenvalue weighted by molar-refractivity contribution is 5.81. The zero-order valence-corrected chi connectivity index (χ0v) is 14.9. The van der Waals surface area contributed by atoms with Crippen molar-refractivity contribution < 1.29 is 4.79 Å². The van der Waals surface area contributed by atoms with E-state index >= 15 is 0 Å². The van der Waals surface area contributed by atoms with E-state index in [9.17, 15) is 4.79 Å². The van der Waals surface area contributed by atoms with E-state index in [0.29, 0.717) is 12.6 Å². The van der Waals surface area contributed by atoms with Crippen LogP contribution in [0.3, 0.4) is 0 Å². The Morgan fingerprint density at radius 1 is 1.24 bits per heavy atom. The van der Waals surface area contributed by atoms with Crippen LogP contribution in [0.2, 0.25) is 0 Å². The second-order valence-electron chi connectivity index (χ2n) is 7.02. The van der Waals surface area contributed by atoms with Crippen molar-refractivity contribution in [1.82, 2.24) is 24.7 Å². The van der Waals surface area contributed by atoms with Crippen LogP contribution < -0.4 is 5.32 Å². The Kier molecular flexibility index (Phi) is 4.72. The molecule has 1 atom stereocenters. The Morgan fingerprint density at radius 2 is 2.04 bits per heavy atom. The molecule has 2 aliphatic rings. The number of hydrogen-bond acceptors (Lipinski definition) is 4. The van der Waals surface area contributed by atoms with Gasteiger partial charge in [0, 0.05) is 51.7 Å². The second-order valence-corrected chi connectivity index (χ2v) is 7.02. The van der Waals surface area contributed by atoms with E-state index in [1.807, 2.05) is 23.1 Å². The van der Waals surface area contributed by atoms with Gasteiger partial charge >= 0.3 is 0 Å². The third-order valence-corrected chi connectivity index (χ3v) is 5.53. The standard InChI is InChI=1S/C19H27N5O/c1-2-18-21-16-5-3-4-6-17(16)24(18)14-19(25)23-10-7-15(13-23)22-11-8-20-9-12-22/h3-6,15,20H,2,7-14H2,1H3. The fraction of sp³-hybridized carbons (Fsp3) is 0.579. The molecule has 2 saturated heterocycles. The van der Waals surface area contributed by atoms with E-state index in [2.05, 4.69) is 32.8 Å². The quantitative estimate of drug-likeness (QED) is 0.905. The largest absolute Gasteiger partial charge is 0.340 e. The lowest BCUT2D eigenvalue weighted by Crippen LogP contribution is -2.49. The summed E-state index contributed by atoms with van der Waals surface area (Å²) >= 11 is 0. The number of amides is 1. The summed E-state index contributed by atoms with van der Waals surface area (Å²) in [5.41, 5.74) is 2.04. The molecule has 2 aliphatic heterocycles. The monoisotopic (exact) mass is 341 g/mol. The summed E-state index contributed by atoms with van der Waals surface area (Å²) in [6.45, 7) is 8.55. The Balaban J connectivity index is 1.46. The van der Waals surface area contributed by atoms with Gasteiger partial charge in [0.05, 0.1) is 11.0 Å². The van der Waals surface area contributed by atoms with Crippen LogP contribution in [0, 0.1) is 0 Å². The lowest BCUT2D eigenvalue weighted by molar-refractivity contribution is -0.130. The van der Waals surface area contributed by atoms with Gasteiger partial charge in [-0.15, -0.1) is 0 Å². The van der Waals surface area contributed by atoms with Crippen molar-refractivity contribution in [2.24, 2.45) is 0 Å². The van der Waals surface area contributed by atoms with E-state index < -0.39 is 0 Å². The van der Waals surface area contributed by atoms with Gasteiger partial charge in [-0.2, -0.15) is 0 Å². The summed E-state index contributed by atoms with van der Waals surface area (Å²) in [6, 6.07) is 8.62. The lowest BCUT2D eigenvalue weighted by Gasteiger charge is -2.32. The molecule has 3 heterocycles. The molecule has 2 aromatic rings. The maximum Gasteiger partial charge on any atom is 0.242 e. The van der Waals surface area contributed by atoms with Crippen LogP contribution in [0.4, 0.5) is 0 Å². The molecule has 0 spiro atoms. The predicted molar refractivity (Wildman–Crippen MR) is 98.5 cm³/mol. The zero-order chi connectivity index (χ0) is 17.2. The highest BCUT2D eigenvalue weighted by Gasteiger charge is 2.31. The third-order valence-electron chi connectivity index (χ3n) is 5.53. The number of hydrogen-bond donors (Lipinski definition) is 1. The summed E-state index contributed by atoms with van der Waals surface area (Å²) < 4.78 is 2.09. The van der Waals surface area contributed by atoms with Crippen molar-refractivity contribution in [3.63, 3.8) is 0 Å². The second kappa shape index (κ2) is 7.14. The number of nitrogens with zero attached hydrogens (tertiary/aromatic N) is 4. The van der Waals surface area contributed by atoms with Crippen molar-refractivity contribution in [3.8, 4) is 0 Å². The smallest absolute Gasteiger partial charge is 0.242 e. The summed E-state index contributed by atoms with van der Waals surface area (Å²) in [7, 11) is 0. The van der Waals surface area contributed by atoms with Gasteiger partial charge < -0.3 is 14.8 Å². The van der Waals surface area contributed by atoms with Crippen molar-refractivity contribution in [3.05, 3.63) is 30.1 Å². The van der Waals surface area contributed by atoms with Crippen LogP contribution in [0.5, 0.6) is 0 Å². The van der Waals surface area contributed by atoms with E-state index in [0.717, 1.165) is 69.0 Å².